The summed E-state index contributed by atoms with van der Waals surface area (Å²) >= 11 is 2.25. The van der Waals surface area contributed by atoms with Gasteiger partial charge in [0.05, 0.1) is 34.7 Å². The third kappa shape index (κ3) is 2.28. The zero-order valence-corrected chi connectivity index (χ0v) is 10.5. The molecule has 0 spiro atoms. The standard InChI is InChI=1S/C12H11IN2/c1-15(13)12-9-14-8-7-11(12)10-5-3-2-4-6-10/h2-9H,1H3. The van der Waals surface area contributed by atoms with E-state index in [1.54, 1.807) is 0 Å². The van der Waals surface area contributed by atoms with Crippen molar-refractivity contribution in [2.75, 3.05) is 10.2 Å². The molecule has 0 fully saturated rings. The van der Waals surface area contributed by atoms with Gasteiger partial charge in [-0.3, -0.25) is 4.98 Å². The van der Waals surface area contributed by atoms with E-state index in [4.69, 9.17) is 0 Å². The summed E-state index contributed by atoms with van der Waals surface area (Å²) in [4.78, 5) is 4.15. The smallest absolute Gasteiger partial charge is 0.0716 e. The number of anilines is 1. The summed E-state index contributed by atoms with van der Waals surface area (Å²) in [7, 11) is 2.02. The monoisotopic (exact) mass is 310 g/mol. The SMILES string of the molecule is CN(I)c1cnccc1-c1ccccc1. The molecule has 2 rings (SSSR count). The van der Waals surface area contributed by atoms with Gasteiger partial charge in [0.25, 0.3) is 0 Å². The highest BCUT2D eigenvalue weighted by atomic mass is 127. The summed E-state index contributed by atoms with van der Waals surface area (Å²) in [5, 5.41) is 0. The molecule has 2 aromatic rings. The van der Waals surface area contributed by atoms with Crippen LogP contribution < -0.4 is 3.11 Å². The van der Waals surface area contributed by atoms with Crippen LogP contribution in [0.4, 0.5) is 5.69 Å². The summed E-state index contributed by atoms with van der Waals surface area (Å²) in [6.07, 6.45) is 3.71. The van der Waals surface area contributed by atoms with Gasteiger partial charge in [0, 0.05) is 18.8 Å². The molecular weight excluding hydrogens is 299 g/mol. The first-order chi connectivity index (χ1) is 7.29. The van der Waals surface area contributed by atoms with E-state index in [1.807, 2.05) is 46.8 Å². The van der Waals surface area contributed by atoms with E-state index in [9.17, 15) is 0 Å². The van der Waals surface area contributed by atoms with Crippen LogP contribution in [-0.4, -0.2) is 12.0 Å². The second-order valence-corrected chi connectivity index (χ2v) is 4.68. The average Bonchev–Trinajstić information content (AvgIpc) is 2.30. The Morgan fingerprint density at radius 2 is 1.87 bits per heavy atom. The van der Waals surface area contributed by atoms with Crippen LogP contribution in [0, 0.1) is 0 Å². The molecule has 1 aromatic carbocycles. The van der Waals surface area contributed by atoms with Gasteiger partial charge < -0.3 is 3.11 Å². The molecule has 0 aliphatic heterocycles. The van der Waals surface area contributed by atoms with Crippen molar-refractivity contribution in [3.8, 4) is 11.1 Å². The first-order valence-electron chi connectivity index (χ1n) is 4.68. The van der Waals surface area contributed by atoms with Crippen LogP contribution in [0.25, 0.3) is 11.1 Å². The minimum Gasteiger partial charge on any atom is -0.316 e. The minimum atomic E-state index is 1.13. The number of aromatic nitrogens is 1. The quantitative estimate of drug-likeness (QED) is 0.623. The van der Waals surface area contributed by atoms with Crippen molar-refractivity contribution >= 4 is 28.6 Å². The fourth-order valence-corrected chi connectivity index (χ4v) is 1.88. The number of hydrogen-bond donors (Lipinski definition) is 0. The lowest BCUT2D eigenvalue weighted by molar-refractivity contribution is 1.28. The highest BCUT2D eigenvalue weighted by Crippen LogP contribution is 2.30. The zero-order chi connectivity index (χ0) is 10.7. The Kier molecular flexibility index (Phi) is 3.20. The number of hydrogen-bond acceptors (Lipinski definition) is 2. The van der Waals surface area contributed by atoms with E-state index in [-0.39, 0.29) is 0 Å². The molecule has 1 aromatic heterocycles. The molecular formula is C12H11IN2. The molecule has 76 valence electrons. The fourth-order valence-electron chi connectivity index (χ4n) is 1.49. The van der Waals surface area contributed by atoms with E-state index in [0.717, 1.165) is 5.69 Å². The molecule has 0 aliphatic carbocycles. The minimum absolute atomic E-state index is 1.13. The molecule has 1 heterocycles. The first-order valence-corrected chi connectivity index (χ1v) is 5.64. The largest absolute Gasteiger partial charge is 0.316 e. The normalized spacial score (nSPS) is 10.0. The second-order valence-electron chi connectivity index (χ2n) is 3.24. The Morgan fingerprint density at radius 3 is 2.53 bits per heavy atom. The van der Waals surface area contributed by atoms with Crippen LogP contribution in [0.5, 0.6) is 0 Å². The molecule has 0 saturated heterocycles. The first kappa shape index (κ1) is 10.4. The molecule has 0 saturated carbocycles. The van der Waals surface area contributed by atoms with Crippen molar-refractivity contribution < 1.29 is 0 Å². The van der Waals surface area contributed by atoms with Gasteiger partial charge in [0.15, 0.2) is 0 Å². The summed E-state index contributed by atoms with van der Waals surface area (Å²) in [6.45, 7) is 0. The Hall–Kier alpha value is -1.10. The molecule has 0 unspecified atom stereocenters. The van der Waals surface area contributed by atoms with Crippen molar-refractivity contribution in [3.05, 3.63) is 48.8 Å². The van der Waals surface area contributed by atoms with E-state index < -0.39 is 0 Å². The van der Waals surface area contributed by atoms with E-state index >= 15 is 0 Å². The van der Waals surface area contributed by atoms with Crippen molar-refractivity contribution in [2.45, 2.75) is 0 Å². The lowest BCUT2D eigenvalue weighted by Gasteiger charge is -2.14. The maximum Gasteiger partial charge on any atom is 0.0716 e. The molecule has 3 heteroatoms. The Morgan fingerprint density at radius 1 is 1.13 bits per heavy atom. The predicted octanol–water partition coefficient (Wildman–Crippen LogP) is 3.53. The van der Waals surface area contributed by atoms with Gasteiger partial charge >= 0.3 is 0 Å². The van der Waals surface area contributed by atoms with E-state index in [2.05, 4.69) is 40.0 Å². The lowest BCUT2D eigenvalue weighted by Crippen LogP contribution is -2.01. The molecule has 15 heavy (non-hydrogen) atoms. The Labute approximate surface area is 103 Å². The molecule has 0 radical (unpaired) electrons. The topological polar surface area (TPSA) is 16.1 Å². The summed E-state index contributed by atoms with van der Waals surface area (Å²) < 4.78 is 2.05. The van der Waals surface area contributed by atoms with Crippen LogP contribution in [-0.2, 0) is 0 Å². The third-order valence-corrected chi connectivity index (χ3v) is 2.74. The fraction of sp³-hybridized carbons (Fsp3) is 0.0833. The zero-order valence-electron chi connectivity index (χ0n) is 8.39. The van der Waals surface area contributed by atoms with Gasteiger partial charge in [-0.25, -0.2) is 0 Å². The highest BCUT2D eigenvalue weighted by molar-refractivity contribution is 14.1. The highest BCUT2D eigenvalue weighted by Gasteiger charge is 2.06. The lowest BCUT2D eigenvalue weighted by atomic mass is 10.1. The number of benzene rings is 1. The number of rotatable bonds is 2. The van der Waals surface area contributed by atoms with Crippen LogP contribution in [0.2, 0.25) is 0 Å². The molecule has 2 nitrogen and oxygen atoms in total. The van der Waals surface area contributed by atoms with Gasteiger partial charge in [-0.05, 0) is 11.6 Å². The molecule has 0 amide bonds. The second kappa shape index (κ2) is 4.61. The van der Waals surface area contributed by atoms with Gasteiger partial charge in [0.1, 0.15) is 0 Å². The maximum atomic E-state index is 4.15. The molecule has 0 N–H and O–H groups in total. The van der Waals surface area contributed by atoms with Crippen molar-refractivity contribution in [2.24, 2.45) is 0 Å². The van der Waals surface area contributed by atoms with Crippen LogP contribution in [0.3, 0.4) is 0 Å². The van der Waals surface area contributed by atoms with E-state index in [0.29, 0.717) is 0 Å². The van der Waals surface area contributed by atoms with Crippen LogP contribution in [0.15, 0.2) is 48.8 Å². The van der Waals surface area contributed by atoms with Crippen LogP contribution >= 0.6 is 22.9 Å². The van der Waals surface area contributed by atoms with Crippen molar-refractivity contribution in [1.29, 1.82) is 0 Å². The molecule has 0 bridgehead atoms. The third-order valence-electron chi connectivity index (χ3n) is 2.22. The van der Waals surface area contributed by atoms with Gasteiger partial charge in [-0.15, -0.1) is 0 Å². The maximum absolute atomic E-state index is 4.15. The predicted molar refractivity (Wildman–Crippen MR) is 72.1 cm³/mol. The Balaban J connectivity index is 2.53. The summed E-state index contributed by atoms with van der Waals surface area (Å²) in [5.41, 5.74) is 3.56. The van der Waals surface area contributed by atoms with Crippen molar-refractivity contribution in [3.63, 3.8) is 0 Å². The van der Waals surface area contributed by atoms with Gasteiger partial charge in [-0.1, -0.05) is 30.3 Å². The number of halogens is 1. The summed E-state index contributed by atoms with van der Waals surface area (Å²) in [5.74, 6) is 0. The number of nitrogens with zero attached hydrogens (tertiary/aromatic N) is 2. The summed E-state index contributed by atoms with van der Waals surface area (Å²) in [6, 6.07) is 12.4. The molecule has 0 atom stereocenters. The van der Waals surface area contributed by atoms with Gasteiger partial charge in [0.2, 0.25) is 0 Å². The average molecular weight is 310 g/mol. The van der Waals surface area contributed by atoms with E-state index in [1.165, 1.54) is 11.1 Å². The van der Waals surface area contributed by atoms with Crippen molar-refractivity contribution in [1.82, 2.24) is 4.98 Å². The number of pyridine rings is 1. The Bertz CT molecular complexity index is 440. The van der Waals surface area contributed by atoms with Crippen LogP contribution in [0.1, 0.15) is 0 Å². The molecule has 0 aliphatic rings. The van der Waals surface area contributed by atoms with Gasteiger partial charge in [-0.2, -0.15) is 0 Å².